The fourth-order valence-electron chi connectivity index (χ4n) is 2.92. The highest BCUT2D eigenvalue weighted by Crippen LogP contribution is 2.37. The van der Waals surface area contributed by atoms with Gasteiger partial charge in [0.1, 0.15) is 17.5 Å². The molecular weight excluding hydrogens is 318 g/mol. The lowest BCUT2D eigenvalue weighted by molar-refractivity contribution is 0.387. The second-order valence-electron chi connectivity index (χ2n) is 5.57. The van der Waals surface area contributed by atoms with Crippen molar-refractivity contribution in [3.63, 3.8) is 0 Å². The molecular formula is C18H17N5O2. The molecule has 2 aromatic carbocycles. The second kappa shape index (κ2) is 6.27. The Bertz CT molecular complexity index is 920. The predicted octanol–water partition coefficient (Wildman–Crippen LogP) is 2.75. The van der Waals surface area contributed by atoms with E-state index in [0.717, 1.165) is 28.3 Å². The van der Waals surface area contributed by atoms with Gasteiger partial charge >= 0.3 is 0 Å². The first-order chi connectivity index (χ1) is 12.3. The normalized spacial score (nSPS) is 15.8. The Balaban J connectivity index is 1.84. The molecule has 3 aromatic rings. The lowest BCUT2D eigenvalue weighted by Crippen LogP contribution is -2.20. The molecule has 0 amide bonds. The maximum Gasteiger partial charge on any atom is 0.248 e. The van der Waals surface area contributed by atoms with Crippen molar-refractivity contribution >= 4 is 11.6 Å². The van der Waals surface area contributed by atoms with Crippen molar-refractivity contribution in [2.75, 3.05) is 19.5 Å². The van der Waals surface area contributed by atoms with Gasteiger partial charge in [-0.2, -0.15) is 4.68 Å². The summed E-state index contributed by atoms with van der Waals surface area (Å²) < 4.78 is 12.6. The highest BCUT2D eigenvalue weighted by Gasteiger charge is 2.26. The van der Waals surface area contributed by atoms with Gasteiger partial charge in [-0.15, -0.1) is 0 Å². The number of rotatable bonds is 4. The molecule has 126 valence electrons. The number of tetrazole rings is 1. The van der Waals surface area contributed by atoms with Gasteiger partial charge < -0.3 is 14.8 Å². The number of allylic oxidation sites excluding steroid dienone is 1. The molecule has 2 heterocycles. The van der Waals surface area contributed by atoms with E-state index >= 15 is 0 Å². The topological polar surface area (TPSA) is 74.1 Å². The van der Waals surface area contributed by atoms with Crippen LogP contribution in [0.1, 0.15) is 17.2 Å². The molecule has 0 radical (unpaired) electrons. The quantitative estimate of drug-likeness (QED) is 0.790. The summed E-state index contributed by atoms with van der Waals surface area (Å²) in [5.41, 5.74) is 2.96. The number of anilines is 1. The summed E-state index contributed by atoms with van der Waals surface area (Å²) in [6.45, 7) is 0. The fourth-order valence-corrected chi connectivity index (χ4v) is 2.92. The van der Waals surface area contributed by atoms with Gasteiger partial charge in [0.05, 0.1) is 14.2 Å². The van der Waals surface area contributed by atoms with Crippen LogP contribution in [0.25, 0.3) is 5.70 Å². The zero-order valence-corrected chi connectivity index (χ0v) is 13.9. The minimum atomic E-state index is -0.192. The molecule has 1 aliphatic heterocycles. The third-order valence-electron chi connectivity index (χ3n) is 4.17. The Hall–Kier alpha value is -3.35. The second-order valence-corrected chi connectivity index (χ2v) is 5.57. The standard InChI is InChI=1S/C18H17N5O2/c1-24-13-8-9-14(17(10-13)25-2)16-11-15(12-6-4-3-5-7-12)19-18-20-21-22-23(16)18/h3-11,16H,1-2H3,(H,19,20,22). The fraction of sp³-hybridized carbons (Fsp3) is 0.167. The van der Waals surface area contributed by atoms with Crippen LogP contribution < -0.4 is 14.8 Å². The van der Waals surface area contributed by atoms with Crippen LogP contribution in [-0.2, 0) is 0 Å². The molecule has 0 bridgehead atoms. The van der Waals surface area contributed by atoms with E-state index < -0.39 is 0 Å². The highest BCUT2D eigenvalue weighted by atomic mass is 16.5. The molecule has 1 unspecified atom stereocenters. The number of hydrogen-bond donors (Lipinski definition) is 1. The summed E-state index contributed by atoms with van der Waals surface area (Å²) in [6, 6.07) is 15.6. The van der Waals surface area contributed by atoms with E-state index in [2.05, 4.69) is 26.9 Å². The Kier molecular flexibility index (Phi) is 3.81. The zero-order chi connectivity index (χ0) is 17.2. The van der Waals surface area contributed by atoms with E-state index in [-0.39, 0.29) is 6.04 Å². The summed E-state index contributed by atoms with van der Waals surface area (Å²) in [5.74, 6) is 2.04. The van der Waals surface area contributed by atoms with Gasteiger partial charge in [-0.25, -0.2) is 0 Å². The van der Waals surface area contributed by atoms with E-state index in [9.17, 15) is 0 Å². The smallest absolute Gasteiger partial charge is 0.248 e. The molecule has 7 nitrogen and oxygen atoms in total. The van der Waals surface area contributed by atoms with Crippen LogP contribution in [0.5, 0.6) is 11.5 Å². The van der Waals surface area contributed by atoms with Crippen molar-refractivity contribution in [1.29, 1.82) is 0 Å². The van der Waals surface area contributed by atoms with Crippen LogP contribution in [0.3, 0.4) is 0 Å². The van der Waals surface area contributed by atoms with Crippen molar-refractivity contribution in [3.05, 3.63) is 65.7 Å². The molecule has 0 saturated carbocycles. The molecule has 25 heavy (non-hydrogen) atoms. The average molecular weight is 335 g/mol. The maximum absolute atomic E-state index is 5.56. The van der Waals surface area contributed by atoms with Gasteiger partial charge in [0, 0.05) is 17.3 Å². The molecule has 1 aliphatic rings. The molecule has 0 spiro atoms. The summed E-state index contributed by atoms with van der Waals surface area (Å²) in [7, 11) is 3.27. The molecule has 1 aromatic heterocycles. The number of methoxy groups -OCH3 is 2. The Labute approximate surface area is 144 Å². The van der Waals surface area contributed by atoms with Crippen molar-refractivity contribution in [3.8, 4) is 11.5 Å². The number of nitrogens with zero attached hydrogens (tertiary/aromatic N) is 4. The third kappa shape index (κ3) is 2.69. The van der Waals surface area contributed by atoms with Crippen molar-refractivity contribution in [2.24, 2.45) is 0 Å². The van der Waals surface area contributed by atoms with Gasteiger partial charge in [0.2, 0.25) is 5.95 Å². The number of nitrogens with one attached hydrogen (secondary N) is 1. The van der Waals surface area contributed by atoms with Gasteiger partial charge in [0.25, 0.3) is 0 Å². The summed E-state index contributed by atoms with van der Waals surface area (Å²) in [5, 5.41) is 15.3. The van der Waals surface area contributed by atoms with E-state index in [4.69, 9.17) is 9.47 Å². The van der Waals surface area contributed by atoms with Gasteiger partial charge in [-0.1, -0.05) is 35.4 Å². The predicted molar refractivity (Wildman–Crippen MR) is 93.5 cm³/mol. The average Bonchev–Trinajstić information content (AvgIpc) is 3.16. The van der Waals surface area contributed by atoms with Crippen molar-refractivity contribution in [1.82, 2.24) is 20.2 Å². The minimum Gasteiger partial charge on any atom is -0.497 e. The summed E-state index contributed by atoms with van der Waals surface area (Å²) >= 11 is 0. The SMILES string of the molecule is COc1ccc(C2C=C(c3ccccc3)Nc3nnnn32)c(OC)c1. The number of fused-ring (bicyclic) bond motifs is 1. The Morgan fingerprint density at radius 1 is 1.04 bits per heavy atom. The molecule has 0 aliphatic carbocycles. The molecule has 7 heteroatoms. The molecule has 1 atom stereocenters. The Morgan fingerprint density at radius 2 is 1.88 bits per heavy atom. The maximum atomic E-state index is 5.56. The van der Waals surface area contributed by atoms with Gasteiger partial charge in [-0.3, -0.25) is 0 Å². The monoisotopic (exact) mass is 335 g/mol. The van der Waals surface area contributed by atoms with Crippen LogP contribution in [-0.4, -0.2) is 34.4 Å². The third-order valence-corrected chi connectivity index (χ3v) is 4.17. The van der Waals surface area contributed by atoms with Crippen LogP contribution in [0.2, 0.25) is 0 Å². The van der Waals surface area contributed by atoms with Crippen LogP contribution in [0.15, 0.2) is 54.6 Å². The summed E-state index contributed by atoms with van der Waals surface area (Å²) in [6.07, 6.45) is 2.09. The first-order valence-electron chi connectivity index (χ1n) is 7.84. The van der Waals surface area contributed by atoms with E-state index in [0.29, 0.717) is 5.95 Å². The van der Waals surface area contributed by atoms with Crippen molar-refractivity contribution < 1.29 is 9.47 Å². The van der Waals surface area contributed by atoms with E-state index in [1.165, 1.54) is 0 Å². The first kappa shape index (κ1) is 15.2. The number of benzene rings is 2. The van der Waals surface area contributed by atoms with Crippen LogP contribution >= 0.6 is 0 Å². The number of aromatic nitrogens is 4. The molecule has 0 fully saturated rings. The minimum absolute atomic E-state index is 0.192. The molecule has 4 rings (SSSR count). The van der Waals surface area contributed by atoms with E-state index in [1.54, 1.807) is 18.9 Å². The first-order valence-corrected chi connectivity index (χ1v) is 7.84. The molecule has 0 saturated heterocycles. The zero-order valence-electron chi connectivity index (χ0n) is 13.9. The van der Waals surface area contributed by atoms with Gasteiger partial charge in [0.15, 0.2) is 0 Å². The lowest BCUT2D eigenvalue weighted by Gasteiger charge is -2.24. The Morgan fingerprint density at radius 3 is 2.64 bits per heavy atom. The largest absolute Gasteiger partial charge is 0.497 e. The van der Waals surface area contributed by atoms with Crippen LogP contribution in [0.4, 0.5) is 5.95 Å². The lowest BCUT2D eigenvalue weighted by atomic mass is 10.0. The highest BCUT2D eigenvalue weighted by molar-refractivity contribution is 5.77. The van der Waals surface area contributed by atoms with Crippen LogP contribution in [0, 0.1) is 0 Å². The summed E-state index contributed by atoms with van der Waals surface area (Å²) in [4.78, 5) is 0. The number of ether oxygens (including phenoxy) is 2. The number of hydrogen-bond acceptors (Lipinski definition) is 6. The van der Waals surface area contributed by atoms with Crippen molar-refractivity contribution in [2.45, 2.75) is 6.04 Å². The molecule has 1 N–H and O–H groups in total. The van der Waals surface area contributed by atoms with Gasteiger partial charge in [-0.05, 0) is 34.2 Å². The van der Waals surface area contributed by atoms with E-state index in [1.807, 2.05) is 48.5 Å².